The van der Waals surface area contributed by atoms with Crippen molar-refractivity contribution in [3.05, 3.63) is 0 Å². The highest BCUT2D eigenvalue weighted by atomic mass is 35.5. The summed E-state index contributed by atoms with van der Waals surface area (Å²) in [5.41, 5.74) is 0. The summed E-state index contributed by atoms with van der Waals surface area (Å²) in [5, 5.41) is 2.91. The van der Waals surface area contributed by atoms with Gasteiger partial charge in [-0.15, -0.1) is 11.6 Å². The molecular weight excluding hydrogens is 234 g/mol. The van der Waals surface area contributed by atoms with Crippen molar-refractivity contribution < 1.29 is 8.42 Å². The van der Waals surface area contributed by atoms with E-state index in [4.69, 9.17) is 11.6 Å². The molecule has 0 rings (SSSR count). The van der Waals surface area contributed by atoms with Crippen LogP contribution in [0, 0.1) is 0 Å². The highest BCUT2D eigenvalue weighted by Gasteiger charge is 2.15. The molecule has 92 valence electrons. The fourth-order valence-electron chi connectivity index (χ4n) is 1.17. The second kappa shape index (κ2) is 7.47. The Morgan fingerprint density at radius 2 is 1.87 bits per heavy atom. The Bertz CT molecular complexity index is 252. The maximum absolute atomic E-state index is 11.5. The van der Waals surface area contributed by atoms with Crippen LogP contribution in [0.2, 0.25) is 0 Å². The van der Waals surface area contributed by atoms with E-state index in [0.717, 1.165) is 12.8 Å². The van der Waals surface area contributed by atoms with Crippen LogP contribution in [0.3, 0.4) is 0 Å². The van der Waals surface area contributed by atoms with Crippen molar-refractivity contribution in [2.24, 2.45) is 0 Å². The van der Waals surface area contributed by atoms with Gasteiger partial charge in [0.05, 0.1) is 11.0 Å². The Morgan fingerprint density at radius 1 is 1.27 bits per heavy atom. The quantitative estimate of drug-likeness (QED) is 0.673. The van der Waals surface area contributed by atoms with Crippen molar-refractivity contribution >= 4 is 21.4 Å². The van der Waals surface area contributed by atoms with Crippen LogP contribution in [-0.2, 0) is 9.84 Å². The summed E-state index contributed by atoms with van der Waals surface area (Å²) in [6.07, 6.45) is 1.96. The van der Waals surface area contributed by atoms with Crippen LogP contribution in [0.4, 0.5) is 0 Å². The number of hydrogen-bond acceptors (Lipinski definition) is 3. The lowest BCUT2D eigenvalue weighted by atomic mass is 10.2. The van der Waals surface area contributed by atoms with Crippen LogP contribution < -0.4 is 5.32 Å². The van der Waals surface area contributed by atoms with Gasteiger partial charge in [0.2, 0.25) is 0 Å². The van der Waals surface area contributed by atoms with Gasteiger partial charge in [-0.3, -0.25) is 0 Å². The minimum absolute atomic E-state index is 0.218. The molecule has 0 heterocycles. The Morgan fingerprint density at radius 3 is 2.33 bits per heavy atom. The zero-order chi connectivity index (χ0) is 11.9. The predicted molar refractivity (Wildman–Crippen MR) is 66.3 cm³/mol. The fourth-order valence-corrected chi connectivity index (χ4v) is 2.20. The average Bonchev–Trinajstić information content (AvgIpc) is 2.14. The lowest BCUT2D eigenvalue weighted by Crippen LogP contribution is -2.32. The summed E-state index contributed by atoms with van der Waals surface area (Å²) in [6, 6.07) is 0.339. The Labute approximate surface area is 98.5 Å². The lowest BCUT2D eigenvalue weighted by molar-refractivity contribution is 0.520. The van der Waals surface area contributed by atoms with Gasteiger partial charge in [0, 0.05) is 18.5 Å². The van der Waals surface area contributed by atoms with Crippen LogP contribution >= 0.6 is 11.6 Å². The molecule has 0 aliphatic rings. The smallest absolute Gasteiger partial charge is 0.153 e. The van der Waals surface area contributed by atoms with E-state index in [1.165, 1.54) is 0 Å². The summed E-state index contributed by atoms with van der Waals surface area (Å²) in [4.78, 5) is 0. The average molecular weight is 256 g/mol. The Balaban J connectivity index is 3.70. The van der Waals surface area contributed by atoms with Crippen molar-refractivity contribution in [1.29, 1.82) is 0 Å². The van der Waals surface area contributed by atoms with Crippen molar-refractivity contribution in [3.63, 3.8) is 0 Å². The van der Waals surface area contributed by atoms with Crippen molar-refractivity contribution in [3.8, 4) is 0 Å². The molecule has 0 aliphatic carbocycles. The first-order valence-corrected chi connectivity index (χ1v) is 7.66. The van der Waals surface area contributed by atoms with Crippen molar-refractivity contribution in [2.45, 2.75) is 44.9 Å². The lowest BCUT2D eigenvalue weighted by Gasteiger charge is -2.13. The topological polar surface area (TPSA) is 46.2 Å². The first kappa shape index (κ1) is 15.2. The zero-order valence-electron chi connectivity index (χ0n) is 9.79. The molecule has 0 saturated heterocycles. The highest BCUT2D eigenvalue weighted by Crippen LogP contribution is 2.01. The normalized spacial score (nSPS) is 14.5. The number of alkyl halides is 1. The summed E-state index contributed by atoms with van der Waals surface area (Å²) in [6.45, 7) is 6.01. The third-order valence-corrected chi connectivity index (χ3v) is 4.85. The molecule has 1 unspecified atom stereocenters. The SMILES string of the molecule is CC(CCCCl)NCCS(=O)(=O)C(C)C. The molecule has 0 radical (unpaired) electrons. The summed E-state index contributed by atoms with van der Waals surface area (Å²) >= 11 is 5.57. The molecule has 3 nitrogen and oxygen atoms in total. The maximum Gasteiger partial charge on any atom is 0.153 e. The number of hydrogen-bond donors (Lipinski definition) is 1. The minimum atomic E-state index is -2.90. The highest BCUT2D eigenvalue weighted by molar-refractivity contribution is 7.92. The van der Waals surface area contributed by atoms with E-state index in [0.29, 0.717) is 18.5 Å². The minimum Gasteiger partial charge on any atom is -0.313 e. The van der Waals surface area contributed by atoms with Gasteiger partial charge < -0.3 is 5.32 Å². The van der Waals surface area contributed by atoms with E-state index in [9.17, 15) is 8.42 Å². The molecule has 15 heavy (non-hydrogen) atoms. The first-order chi connectivity index (χ1) is 6.90. The Hall–Kier alpha value is 0.200. The molecule has 0 saturated carbocycles. The van der Waals surface area contributed by atoms with E-state index in [-0.39, 0.29) is 11.0 Å². The van der Waals surface area contributed by atoms with Gasteiger partial charge in [0.1, 0.15) is 0 Å². The summed E-state index contributed by atoms with van der Waals surface area (Å²) < 4.78 is 22.9. The second-order valence-electron chi connectivity index (χ2n) is 4.10. The monoisotopic (exact) mass is 255 g/mol. The zero-order valence-corrected chi connectivity index (χ0v) is 11.4. The van der Waals surface area contributed by atoms with E-state index < -0.39 is 9.84 Å². The number of nitrogens with one attached hydrogen (secondary N) is 1. The van der Waals surface area contributed by atoms with Crippen LogP contribution in [0.5, 0.6) is 0 Å². The van der Waals surface area contributed by atoms with E-state index in [2.05, 4.69) is 12.2 Å². The molecule has 0 fully saturated rings. The summed E-state index contributed by atoms with van der Waals surface area (Å²) in [7, 11) is -2.90. The second-order valence-corrected chi connectivity index (χ2v) is 7.16. The van der Waals surface area contributed by atoms with Gasteiger partial charge in [-0.1, -0.05) is 0 Å². The Kier molecular flexibility index (Phi) is 7.57. The van der Waals surface area contributed by atoms with Gasteiger partial charge in [-0.05, 0) is 33.6 Å². The predicted octanol–water partition coefficient (Wildman–Crippen LogP) is 1.81. The van der Waals surface area contributed by atoms with Crippen molar-refractivity contribution in [2.75, 3.05) is 18.2 Å². The molecule has 0 aromatic carbocycles. The van der Waals surface area contributed by atoms with Gasteiger partial charge in [0.25, 0.3) is 0 Å². The summed E-state index contributed by atoms with van der Waals surface area (Å²) in [5.74, 6) is 0.881. The van der Waals surface area contributed by atoms with Crippen LogP contribution in [0.15, 0.2) is 0 Å². The van der Waals surface area contributed by atoms with Crippen molar-refractivity contribution in [1.82, 2.24) is 5.32 Å². The van der Waals surface area contributed by atoms with Gasteiger partial charge in [0.15, 0.2) is 9.84 Å². The number of rotatable bonds is 8. The van der Waals surface area contributed by atoms with Crippen LogP contribution in [0.25, 0.3) is 0 Å². The van der Waals surface area contributed by atoms with E-state index >= 15 is 0 Å². The van der Waals surface area contributed by atoms with Gasteiger partial charge >= 0.3 is 0 Å². The molecule has 0 bridgehead atoms. The van der Waals surface area contributed by atoms with E-state index in [1.807, 2.05) is 0 Å². The van der Waals surface area contributed by atoms with Gasteiger partial charge in [-0.2, -0.15) is 0 Å². The maximum atomic E-state index is 11.5. The molecule has 5 heteroatoms. The molecule has 1 N–H and O–H groups in total. The molecule has 0 amide bonds. The van der Waals surface area contributed by atoms with Crippen LogP contribution in [0.1, 0.15) is 33.6 Å². The molecule has 0 aliphatic heterocycles. The number of halogens is 1. The third-order valence-electron chi connectivity index (χ3n) is 2.37. The van der Waals surface area contributed by atoms with Gasteiger partial charge in [-0.25, -0.2) is 8.42 Å². The molecular formula is C10H22ClNO2S. The third kappa shape index (κ3) is 7.14. The fraction of sp³-hybridized carbons (Fsp3) is 1.00. The molecule has 0 aromatic heterocycles. The molecule has 0 aromatic rings. The molecule has 1 atom stereocenters. The first-order valence-electron chi connectivity index (χ1n) is 5.41. The largest absolute Gasteiger partial charge is 0.313 e. The standard InChI is InChI=1S/C10H22ClNO2S/c1-9(2)15(13,14)8-7-12-10(3)5-4-6-11/h9-10,12H,4-8H2,1-3H3. The molecule has 0 spiro atoms. The van der Waals surface area contributed by atoms with Crippen LogP contribution in [-0.4, -0.2) is 37.9 Å². The number of sulfone groups is 1. The van der Waals surface area contributed by atoms with E-state index in [1.54, 1.807) is 13.8 Å².